The van der Waals surface area contributed by atoms with Crippen molar-refractivity contribution in [2.24, 2.45) is 0 Å². The number of hydrogen-bond acceptors (Lipinski definition) is 4. The molecule has 0 saturated carbocycles. The summed E-state index contributed by atoms with van der Waals surface area (Å²) >= 11 is 11.8. The highest BCUT2D eigenvalue weighted by atomic mass is 35.5. The highest BCUT2D eigenvalue weighted by Gasteiger charge is 2.16. The predicted molar refractivity (Wildman–Crippen MR) is 110 cm³/mol. The second kappa shape index (κ2) is 8.61. The van der Waals surface area contributed by atoms with Crippen molar-refractivity contribution in [3.8, 4) is 0 Å². The van der Waals surface area contributed by atoms with Crippen molar-refractivity contribution in [3.63, 3.8) is 0 Å². The first-order valence-electron chi connectivity index (χ1n) is 8.53. The van der Waals surface area contributed by atoms with Gasteiger partial charge >= 0.3 is 11.8 Å². The highest BCUT2D eigenvalue weighted by molar-refractivity contribution is 6.44. The Kier molecular flexibility index (Phi) is 6.21. The van der Waals surface area contributed by atoms with Crippen LogP contribution in [0.2, 0.25) is 10.0 Å². The van der Waals surface area contributed by atoms with Gasteiger partial charge in [0.05, 0.1) is 0 Å². The van der Waals surface area contributed by atoms with Crippen molar-refractivity contribution in [3.05, 3.63) is 52.5 Å². The third-order valence-electron chi connectivity index (χ3n) is 4.32. The van der Waals surface area contributed by atoms with Gasteiger partial charge in [0.2, 0.25) is 0 Å². The third kappa shape index (κ3) is 5.35. The molecule has 6 nitrogen and oxygen atoms in total. The van der Waals surface area contributed by atoms with Gasteiger partial charge in [-0.25, -0.2) is 0 Å². The molecule has 0 atom stereocenters. The monoisotopic (exact) mass is 406 g/mol. The summed E-state index contributed by atoms with van der Waals surface area (Å²) < 4.78 is 0. The first-order chi connectivity index (χ1) is 12.9. The fourth-order valence-corrected chi connectivity index (χ4v) is 3.35. The number of anilines is 3. The second-order valence-electron chi connectivity index (χ2n) is 6.40. The molecule has 0 radical (unpaired) electrons. The van der Waals surface area contributed by atoms with Crippen molar-refractivity contribution in [2.45, 2.75) is 0 Å². The van der Waals surface area contributed by atoms with Crippen molar-refractivity contribution >= 4 is 52.1 Å². The van der Waals surface area contributed by atoms with Crippen LogP contribution < -0.4 is 15.5 Å². The van der Waals surface area contributed by atoms with E-state index in [1.54, 1.807) is 18.2 Å². The molecule has 0 bridgehead atoms. The summed E-state index contributed by atoms with van der Waals surface area (Å²) in [6.45, 7) is 3.97. The Balaban J connectivity index is 1.57. The van der Waals surface area contributed by atoms with Crippen LogP contribution in [0.15, 0.2) is 42.5 Å². The van der Waals surface area contributed by atoms with Gasteiger partial charge in [-0.3, -0.25) is 9.59 Å². The zero-order valence-corrected chi connectivity index (χ0v) is 16.3. The molecule has 2 N–H and O–H groups in total. The van der Waals surface area contributed by atoms with Crippen LogP contribution in [0.4, 0.5) is 17.1 Å². The van der Waals surface area contributed by atoms with Crippen LogP contribution in [0.5, 0.6) is 0 Å². The molecule has 0 aromatic heterocycles. The molecule has 2 aromatic rings. The second-order valence-corrected chi connectivity index (χ2v) is 7.28. The molecule has 1 saturated heterocycles. The lowest BCUT2D eigenvalue weighted by Crippen LogP contribution is -2.44. The molecule has 1 aliphatic rings. The summed E-state index contributed by atoms with van der Waals surface area (Å²) in [7, 11) is 2.11. The summed E-state index contributed by atoms with van der Waals surface area (Å²) in [4.78, 5) is 28.7. The van der Waals surface area contributed by atoms with E-state index in [0.29, 0.717) is 21.4 Å². The number of likely N-dealkylation sites (N-methyl/N-ethyl adjacent to an activating group) is 1. The summed E-state index contributed by atoms with van der Waals surface area (Å²) in [5, 5.41) is 5.81. The molecule has 2 aromatic carbocycles. The van der Waals surface area contributed by atoms with E-state index >= 15 is 0 Å². The number of carbonyl (C=O) groups excluding carboxylic acids is 2. The fraction of sp³-hybridized carbons (Fsp3) is 0.263. The molecule has 1 heterocycles. The average molecular weight is 407 g/mol. The minimum atomic E-state index is -0.795. The largest absolute Gasteiger partial charge is 0.369 e. The summed E-state index contributed by atoms with van der Waals surface area (Å²) in [5.74, 6) is -1.56. The van der Waals surface area contributed by atoms with Crippen LogP contribution in [0.1, 0.15) is 0 Å². The molecular formula is C19H20Cl2N4O2. The van der Waals surface area contributed by atoms with Gasteiger partial charge in [-0.2, -0.15) is 0 Å². The van der Waals surface area contributed by atoms with E-state index in [-0.39, 0.29) is 0 Å². The van der Waals surface area contributed by atoms with Crippen molar-refractivity contribution in [1.82, 2.24) is 4.90 Å². The van der Waals surface area contributed by atoms with E-state index in [1.807, 2.05) is 12.1 Å². The molecule has 27 heavy (non-hydrogen) atoms. The maximum absolute atomic E-state index is 12.1. The maximum Gasteiger partial charge on any atom is 0.314 e. The number of piperazine rings is 1. The highest BCUT2D eigenvalue weighted by Crippen LogP contribution is 2.23. The number of carbonyl (C=O) groups is 2. The van der Waals surface area contributed by atoms with Crippen LogP contribution in [-0.2, 0) is 9.59 Å². The van der Waals surface area contributed by atoms with Crippen LogP contribution >= 0.6 is 23.2 Å². The standard InChI is InChI=1S/C19H20Cl2N4O2/c1-24-6-8-25(9-7-24)17-4-2-15(3-5-17)22-18(26)19(27)23-16-11-13(20)10-14(21)12-16/h2-5,10-12H,6-9H2,1H3,(H,22,26)(H,23,27). The summed E-state index contributed by atoms with van der Waals surface area (Å²) in [6.07, 6.45) is 0. The minimum absolute atomic E-state index is 0.359. The van der Waals surface area contributed by atoms with Gasteiger partial charge in [0.25, 0.3) is 0 Å². The Hall–Kier alpha value is -2.28. The van der Waals surface area contributed by atoms with Crippen LogP contribution in [-0.4, -0.2) is 49.9 Å². The Bertz CT molecular complexity index is 814. The van der Waals surface area contributed by atoms with Crippen LogP contribution in [0, 0.1) is 0 Å². The number of nitrogens with zero attached hydrogens (tertiary/aromatic N) is 2. The molecule has 142 valence electrons. The molecular weight excluding hydrogens is 387 g/mol. The SMILES string of the molecule is CN1CCN(c2ccc(NC(=O)C(=O)Nc3cc(Cl)cc(Cl)c3)cc2)CC1. The fourth-order valence-electron chi connectivity index (χ4n) is 2.82. The zero-order chi connectivity index (χ0) is 19.4. The Morgan fingerprint density at radius 3 is 1.89 bits per heavy atom. The van der Waals surface area contributed by atoms with Gasteiger partial charge in [-0.05, 0) is 49.5 Å². The third-order valence-corrected chi connectivity index (χ3v) is 4.76. The Morgan fingerprint density at radius 1 is 0.815 bits per heavy atom. The van der Waals surface area contributed by atoms with Crippen LogP contribution in [0.25, 0.3) is 0 Å². The molecule has 0 spiro atoms. The average Bonchev–Trinajstić information content (AvgIpc) is 2.62. The van der Waals surface area contributed by atoms with E-state index in [9.17, 15) is 9.59 Å². The number of halogens is 2. The van der Waals surface area contributed by atoms with E-state index in [1.165, 1.54) is 12.1 Å². The van der Waals surface area contributed by atoms with Crippen LogP contribution in [0.3, 0.4) is 0 Å². The lowest BCUT2D eigenvalue weighted by Gasteiger charge is -2.34. The van der Waals surface area contributed by atoms with Gasteiger partial charge < -0.3 is 20.4 Å². The topological polar surface area (TPSA) is 64.7 Å². The molecule has 2 amide bonds. The van der Waals surface area contributed by atoms with Gasteiger partial charge in [-0.15, -0.1) is 0 Å². The minimum Gasteiger partial charge on any atom is -0.369 e. The van der Waals surface area contributed by atoms with Crippen molar-refractivity contribution in [2.75, 3.05) is 48.8 Å². The summed E-state index contributed by atoms with van der Waals surface area (Å²) in [6, 6.07) is 12.0. The zero-order valence-electron chi connectivity index (χ0n) is 14.8. The number of rotatable bonds is 3. The first kappa shape index (κ1) is 19.5. The number of hydrogen-bond donors (Lipinski definition) is 2. The van der Waals surface area contributed by atoms with E-state index in [4.69, 9.17) is 23.2 Å². The lowest BCUT2D eigenvalue weighted by molar-refractivity contribution is -0.132. The Morgan fingerprint density at radius 2 is 1.33 bits per heavy atom. The van der Waals surface area contributed by atoms with Crippen molar-refractivity contribution in [1.29, 1.82) is 0 Å². The molecule has 1 fully saturated rings. The number of nitrogens with one attached hydrogen (secondary N) is 2. The van der Waals surface area contributed by atoms with E-state index in [0.717, 1.165) is 31.9 Å². The van der Waals surface area contributed by atoms with Gasteiger partial charge in [-0.1, -0.05) is 23.2 Å². The van der Waals surface area contributed by atoms with Gasteiger partial charge in [0.15, 0.2) is 0 Å². The smallest absolute Gasteiger partial charge is 0.314 e. The molecule has 8 heteroatoms. The molecule has 0 aliphatic carbocycles. The molecule has 0 unspecified atom stereocenters. The van der Waals surface area contributed by atoms with Crippen molar-refractivity contribution < 1.29 is 9.59 Å². The lowest BCUT2D eigenvalue weighted by atomic mass is 10.2. The molecule has 1 aliphatic heterocycles. The predicted octanol–water partition coefficient (Wildman–Crippen LogP) is 3.32. The first-order valence-corrected chi connectivity index (χ1v) is 9.28. The van der Waals surface area contributed by atoms with E-state index in [2.05, 4.69) is 27.5 Å². The molecule has 3 rings (SSSR count). The number of amides is 2. The quantitative estimate of drug-likeness (QED) is 0.767. The maximum atomic E-state index is 12.1. The Labute approximate surface area is 168 Å². The number of benzene rings is 2. The van der Waals surface area contributed by atoms with E-state index < -0.39 is 11.8 Å². The summed E-state index contributed by atoms with van der Waals surface area (Å²) in [5.41, 5.74) is 2.01. The van der Waals surface area contributed by atoms with Gasteiger partial charge in [0, 0.05) is 53.3 Å². The van der Waals surface area contributed by atoms with Gasteiger partial charge in [0.1, 0.15) is 0 Å². The normalized spacial score (nSPS) is 14.7.